The van der Waals surface area contributed by atoms with Crippen molar-refractivity contribution in [1.82, 2.24) is 10.2 Å². The number of nitrogens with one attached hydrogen (secondary N) is 2. The average molecular weight is 338 g/mol. The predicted octanol–water partition coefficient (Wildman–Crippen LogP) is 2.36. The fourth-order valence-corrected chi connectivity index (χ4v) is 2.24. The molecule has 0 unspecified atom stereocenters. The minimum atomic E-state index is -4.41. The number of rotatable bonds is 3. The number of halogens is 4. The Morgan fingerprint density at radius 1 is 1.27 bits per heavy atom. The van der Waals surface area contributed by atoms with Gasteiger partial charge in [-0.25, -0.2) is 0 Å². The van der Waals surface area contributed by atoms with Crippen LogP contribution in [0.4, 0.5) is 18.9 Å². The largest absolute Gasteiger partial charge is 0.416 e. The van der Waals surface area contributed by atoms with Gasteiger partial charge in [-0.1, -0.05) is 6.07 Å². The molecule has 22 heavy (non-hydrogen) atoms. The molecule has 0 radical (unpaired) electrons. The van der Waals surface area contributed by atoms with Crippen LogP contribution in [0, 0.1) is 0 Å². The first kappa shape index (κ1) is 18.7. The van der Waals surface area contributed by atoms with Crippen LogP contribution in [-0.2, 0) is 11.0 Å². The minimum Gasteiger partial charge on any atom is -0.325 e. The van der Waals surface area contributed by atoms with E-state index in [4.69, 9.17) is 0 Å². The van der Waals surface area contributed by atoms with Crippen LogP contribution in [0.3, 0.4) is 0 Å². The van der Waals surface area contributed by atoms with Crippen LogP contribution in [0.15, 0.2) is 24.3 Å². The number of carbonyl (C=O) groups excluding carboxylic acids is 1. The molecule has 4 nitrogen and oxygen atoms in total. The lowest BCUT2D eigenvalue weighted by molar-refractivity contribution is -0.137. The summed E-state index contributed by atoms with van der Waals surface area (Å²) in [5.41, 5.74) is -0.595. The number of hydrogen-bond donors (Lipinski definition) is 2. The van der Waals surface area contributed by atoms with Gasteiger partial charge in [-0.3, -0.25) is 9.69 Å². The van der Waals surface area contributed by atoms with Gasteiger partial charge >= 0.3 is 6.18 Å². The van der Waals surface area contributed by atoms with E-state index in [9.17, 15) is 18.0 Å². The van der Waals surface area contributed by atoms with Gasteiger partial charge in [-0.15, -0.1) is 12.4 Å². The van der Waals surface area contributed by atoms with Gasteiger partial charge in [-0.05, 0) is 37.7 Å². The van der Waals surface area contributed by atoms with Crippen molar-refractivity contribution in [3.05, 3.63) is 29.8 Å². The Hall–Kier alpha value is -1.31. The van der Waals surface area contributed by atoms with E-state index in [1.165, 1.54) is 12.1 Å². The Labute approximate surface area is 133 Å². The molecule has 1 saturated heterocycles. The molecule has 0 aliphatic carbocycles. The van der Waals surface area contributed by atoms with E-state index in [-0.39, 0.29) is 30.5 Å². The maximum atomic E-state index is 12.6. The second-order valence-corrected chi connectivity index (χ2v) is 5.01. The molecule has 124 valence electrons. The van der Waals surface area contributed by atoms with Gasteiger partial charge in [0.2, 0.25) is 5.91 Å². The standard InChI is InChI=1S/C14H18F3N3O.ClH/c15-14(16,17)11-3-1-4-12(9-11)19-13(21)10-20-7-2-5-18-6-8-20;/h1,3-4,9,18H,2,5-8,10H2,(H,19,21);1H. The van der Waals surface area contributed by atoms with Crippen molar-refractivity contribution in [2.45, 2.75) is 12.6 Å². The first-order valence-corrected chi connectivity index (χ1v) is 6.85. The molecule has 8 heteroatoms. The Morgan fingerprint density at radius 2 is 2.05 bits per heavy atom. The summed E-state index contributed by atoms with van der Waals surface area (Å²) in [7, 11) is 0. The van der Waals surface area contributed by atoms with E-state index in [1.54, 1.807) is 0 Å². The molecule has 1 aliphatic heterocycles. The number of anilines is 1. The third kappa shape index (κ3) is 5.82. The van der Waals surface area contributed by atoms with Crippen molar-refractivity contribution in [2.24, 2.45) is 0 Å². The van der Waals surface area contributed by atoms with E-state index < -0.39 is 11.7 Å². The molecule has 0 saturated carbocycles. The van der Waals surface area contributed by atoms with Crippen molar-refractivity contribution in [3.63, 3.8) is 0 Å². The summed E-state index contributed by atoms with van der Waals surface area (Å²) >= 11 is 0. The maximum absolute atomic E-state index is 12.6. The number of alkyl halides is 3. The fraction of sp³-hybridized carbons (Fsp3) is 0.500. The van der Waals surface area contributed by atoms with Gasteiger partial charge in [0, 0.05) is 18.8 Å². The first-order valence-electron chi connectivity index (χ1n) is 6.85. The third-order valence-corrected chi connectivity index (χ3v) is 3.27. The smallest absolute Gasteiger partial charge is 0.325 e. The van der Waals surface area contributed by atoms with Crippen molar-refractivity contribution in [2.75, 3.05) is 38.0 Å². The molecule has 1 aromatic carbocycles. The Kier molecular flexibility index (Phi) is 7.12. The quantitative estimate of drug-likeness (QED) is 0.890. The zero-order chi connectivity index (χ0) is 15.3. The zero-order valence-electron chi connectivity index (χ0n) is 11.9. The molecule has 1 aromatic rings. The van der Waals surface area contributed by atoms with Crippen LogP contribution in [0.2, 0.25) is 0 Å². The molecule has 2 N–H and O–H groups in total. The van der Waals surface area contributed by atoms with Crippen LogP contribution in [0.5, 0.6) is 0 Å². The van der Waals surface area contributed by atoms with E-state index >= 15 is 0 Å². The molecule has 0 aromatic heterocycles. The van der Waals surface area contributed by atoms with Gasteiger partial charge in [0.15, 0.2) is 0 Å². The monoisotopic (exact) mass is 337 g/mol. The molecular weight excluding hydrogens is 319 g/mol. The van der Waals surface area contributed by atoms with Crippen LogP contribution < -0.4 is 10.6 Å². The second kappa shape index (κ2) is 8.36. The topological polar surface area (TPSA) is 44.4 Å². The Balaban J connectivity index is 0.00000242. The summed E-state index contributed by atoms with van der Waals surface area (Å²) in [5, 5.41) is 5.75. The van der Waals surface area contributed by atoms with Crippen molar-refractivity contribution in [3.8, 4) is 0 Å². The van der Waals surface area contributed by atoms with E-state index in [2.05, 4.69) is 10.6 Å². The van der Waals surface area contributed by atoms with Gasteiger partial charge in [-0.2, -0.15) is 13.2 Å². The molecule has 1 amide bonds. The highest BCUT2D eigenvalue weighted by Gasteiger charge is 2.30. The first-order chi connectivity index (χ1) is 9.95. The van der Waals surface area contributed by atoms with Crippen LogP contribution in [0.1, 0.15) is 12.0 Å². The summed E-state index contributed by atoms with van der Waals surface area (Å²) in [6.45, 7) is 3.50. The van der Waals surface area contributed by atoms with Gasteiger partial charge in [0.05, 0.1) is 12.1 Å². The Bertz CT molecular complexity index is 488. The number of hydrogen-bond acceptors (Lipinski definition) is 3. The normalized spacial score (nSPS) is 16.5. The number of benzene rings is 1. The van der Waals surface area contributed by atoms with Gasteiger partial charge < -0.3 is 10.6 Å². The highest BCUT2D eigenvalue weighted by atomic mass is 35.5. The van der Waals surface area contributed by atoms with E-state index in [0.717, 1.165) is 44.7 Å². The highest BCUT2D eigenvalue weighted by molar-refractivity contribution is 5.92. The number of carbonyl (C=O) groups is 1. The molecular formula is C14H19ClF3N3O. The molecule has 1 aliphatic rings. The van der Waals surface area contributed by atoms with Crippen LogP contribution in [0.25, 0.3) is 0 Å². The SMILES string of the molecule is Cl.O=C(CN1CCCNCC1)Nc1cccc(C(F)(F)F)c1. The lowest BCUT2D eigenvalue weighted by Crippen LogP contribution is -2.35. The average Bonchev–Trinajstić information content (AvgIpc) is 2.66. The van der Waals surface area contributed by atoms with E-state index in [0.29, 0.717) is 0 Å². The molecule has 0 bridgehead atoms. The molecule has 1 fully saturated rings. The van der Waals surface area contributed by atoms with Gasteiger partial charge in [0.25, 0.3) is 0 Å². The Morgan fingerprint density at radius 3 is 2.77 bits per heavy atom. The lowest BCUT2D eigenvalue weighted by Gasteiger charge is -2.18. The minimum absolute atomic E-state index is 0. The van der Waals surface area contributed by atoms with Crippen molar-refractivity contribution in [1.29, 1.82) is 0 Å². The van der Waals surface area contributed by atoms with Crippen molar-refractivity contribution >= 4 is 24.0 Å². The molecule has 0 atom stereocenters. The summed E-state index contributed by atoms with van der Waals surface area (Å²) in [6, 6.07) is 4.67. The number of amides is 1. The summed E-state index contributed by atoms with van der Waals surface area (Å²) in [6.07, 6.45) is -3.45. The van der Waals surface area contributed by atoms with Gasteiger partial charge in [0.1, 0.15) is 0 Å². The fourth-order valence-electron chi connectivity index (χ4n) is 2.24. The lowest BCUT2D eigenvalue weighted by atomic mass is 10.2. The summed E-state index contributed by atoms with van der Waals surface area (Å²) < 4.78 is 37.8. The highest BCUT2D eigenvalue weighted by Crippen LogP contribution is 2.30. The zero-order valence-corrected chi connectivity index (χ0v) is 12.8. The second-order valence-electron chi connectivity index (χ2n) is 5.01. The molecule has 2 rings (SSSR count). The third-order valence-electron chi connectivity index (χ3n) is 3.27. The molecule has 0 spiro atoms. The van der Waals surface area contributed by atoms with Crippen LogP contribution >= 0.6 is 12.4 Å². The summed E-state index contributed by atoms with van der Waals surface area (Å²) in [5.74, 6) is -0.295. The summed E-state index contributed by atoms with van der Waals surface area (Å²) in [4.78, 5) is 13.9. The molecule has 1 heterocycles. The van der Waals surface area contributed by atoms with E-state index in [1.807, 2.05) is 4.90 Å². The van der Waals surface area contributed by atoms with Crippen LogP contribution in [-0.4, -0.2) is 43.5 Å². The van der Waals surface area contributed by atoms with Crippen molar-refractivity contribution < 1.29 is 18.0 Å². The predicted molar refractivity (Wildman–Crippen MR) is 81.2 cm³/mol. The number of nitrogens with zero attached hydrogens (tertiary/aromatic N) is 1. The maximum Gasteiger partial charge on any atom is 0.416 e.